The molecule has 0 aliphatic heterocycles. The van der Waals surface area contributed by atoms with E-state index in [4.69, 9.17) is 39.9 Å². The van der Waals surface area contributed by atoms with Crippen LogP contribution in [0.15, 0.2) is 216 Å². The van der Waals surface area contributed by atoms with Gasteiger partial charge in [0, 0.05) is 55.2 Å². The molecule has 0 spiro atoms. The smallest absolute Gasteiger partial charge is 0.392 e. The maximum atomic E-state index is 14.2. The van der Waals surface area contributed by atoms with Crippen LogP contribution in [0.3, 0.4) is 0 Å². The Morgan fingerprint density at radius 3 is 0.881 bits per heavy atom. The summed E-state index contributed by atoms with van der Waals surface area (Å²) in [4.78, 5) is 36.2. The van der Waals surface area contributed by atoms with E-state index in [1.54, 1.807) is 48.5 Å². The number of imidazole rings is 5. The normalized spacial score (nSPS) is 12.1. The van der Waals surface area contributed by atoms with Gasteiger partial charge in [-0.05, 0) is 171 Å². The quantitative estimate of drug-likeness (QED) is 0.0541. The second kappa shape index (κ2) is 37.5. The van der Waals surface area contributed by atoms with Gasteiger partial charge in [0.1, 0.15) is 34.3 Å². The lowest BCUT2D eigenvalue weighted by molar-refractivity contribution is -0.138. The largest absolute Gasteiger partial charge is 0.417 e. The van der Waals surface area contributed by atoms with Crippen LogP contribution in [0.25, 0.3) is 169 Å². The maximum absolute atomic E-state index is 14.2. The number of benzene rings is 10. The standard InChI is InChI=1S/C19H14BrF3N4.C18H11BrF4N4O.C18H12BrF3N4.C17H8BrCl2F3N4.C17H9BrClF3N4/c1-9-3-4-11(5-10(9)2)14-8-17(27-26-14)18-24-15-6-12(19(21,22)23)13(20)7-16(15)25-18;19-11-5-15-14(4-10(11)18(21,22)23)24-17(25-15)16-6-13(26-27-16)9-2-1-8(7-28)3-12(9)20;1-9-2-4-10(5-3-9)13-8-16(26-25-13)17-23-14-6-11(18(20,21)22)12(19)7-15(14)24-17;18-9-5-14-13(4-8(9)17(21,22)23)24-16(25-14)15-6-12(26-27-15)7-1-2-10(19)11(20)3-7;18-11-6-14-13(5-10(11)17(20,21)22)23-16(24-14)15-7-12(25-26-15)8-1-3-9(19)4-2-8/h3-8H,1-2H3,(H,24,25)(H,26,27);1-6,28H,7H2,(H,24,25)(H,26,27);2-8H,1H3,(H,23,24)(H,25,26);1-6H,(H,24,25)(H,26,27);1-7H,(H,23,24)(H,25,26). The van der Waals surface area contributed by atoms with Gasteiger partial charge in [-0.15, -0.1) is 0 Å². The summed E-state index contributed by atoms with van der Waals surface area (Å²) in [5.41, 5.74) is 13.0. The third-order valence-electron chi connectivity index (χ3n) is 20.5. The van der Waals surface area contributed by atoms with Crippen molar-refractivity contribution in [2.45, 2.75) is 58.3 Å². The van der Waals surface area contributed by atoms with E-state index in [2.05, 4.69) is 180 Å². The predicted octanol–water partition coefficient (Wildman–Crippen LogP) is 29.5. The summed E-state index contributed by atoms with van der Waals surface area (Å²) in [6, 6.07) is 50.9. The molecule has 21 nitrogen and oxygen atoms in total. The number of H-pyrrole nitrogens is 10. The number of aliphatic hydroxyl groups excluding tert-OH is 1. The Bertz CT molecular complexity index is 7460. The van der Waals surface area contributed by atoms with E-state index in [1.165, 1.54) is 54.1 Å². The Balaban J connectivity index is 0.000000122. The number of nitrogens with one attached hydrogen (secondary N) is 10. The molecule has 20 aromatic rings. The molecule has 45 heteroatoms. The zero-order valence-electron chi connectivity index (χ0n) is 67.7. The molecule has 0 unspecified atom stereocenters. The molecule has 0 radical (unpaired) electrons. The number of hydrogen-bond donors (Lipinski definition) is 11. The Labute approximate surface area is 799 Å². The first kappa shape index (κ1) is 94.9. The second-order valence-corrected chi connectivity index (χ2v) is 35.3. The first-order valence-corrected chi connectivity index (χ1v) is 43.8. The third kappa shape index (κ3) is 21.0. The third-order valence-corrected chi connectivity index (χ3v) is 24.8. The maximum Gasteiger partial charge on any atom is 0.417 e. The molecule has 11 N–H and O–H groups in total. The van der Waals surface area contributed by atoms with Crippen LogP contribution in [0.4, 0.5) is 70.2 Å². The lowest BCUT2D eigenvalue weighted by Crippen LogP contribution is -2.05. The van der Waals surface area contributed by atoms with Crippen molar-refractivity contribution in [3.05, 3.63) is 287 Å². The molecule has 10 aromatic heterocycles. The van der Waals surface area contributed by atoms with Crippen molar-refractivity contribution >= 4 is 170 Å². The molecule has 10 aromatic carbocycles. The van der Waals surface area contributed by atoms with E-state index in [1.807, 2.05) is 87.5 Å². The number of aromatic nitrogens is 20. The van der Waals surface area contributed by atoms with Crippen molar-refractivity contribution in [2.75, 3.05) is 0 Å². The lowest BCUT2D eigenvalue weighted by Gasteiger charge is -2.08. The fourth-order valence-electron chi connectivity index (χ4n) is 13.6. The molecule has 684 valence electrons. The molecule has 0 fully saturated rings. The first-order valence-electron chi connectivity index (χ1n) is 38.7. The molecule has 0 aliphatic carbocycles. The minimum Gasteiger partial charge on any atom is -0.392 e. The Kier molecular flexibility index (Phi) is 26.6. The van der Waals surface area contributed by atoms with Crippen LogP contribution in [0.5, 0.6) is 0 Å². The molecule has 0 saturated carbocycles. The summed E-state index contributed by atoms with van der Waals surface area (Å²) < 4.78 is 210. The number of nitrogens with zero attached hydrogens (tertiary/aromatic N) is 10. The molecular formula is C89H54Br5Cl3F16N20O. The van der Waals surface area contributed by atoms with Crippen LogP contribution in [0, 0.1) is 26.6 Å². The van der Waals surface area contributed by atoms with Crippen LogP contribution in [-0.4, -0.2) is 106 Å². The summed E-state index contributed by atoms with van der Waals surface area (Å²) in [7, 11) is 0. The van der Waals surface area contributed by atoms with Crippen LogP contribution in [0.1, 0.15) is 50.1 Å². The minimum atomic E-state index is -4.50. The van der Waals surface area contributed by atoms with Gasteiger partial charge >= 0.3 is 30.9 Å². The summed E-state index contributed by atoms with van der Waals surface area (Å²) in [6.07, 6.45) is -22.3. The fourth-order valence-corrected chi connectivity index (χ4v) is 16.8. The van der Waals surface area contributed by atoms with Crippen molar-refractivity contribution in [3.8, 4) is 114 Å². The zero-order valence-corrected chi connectivity index (χ0v) is 77.9. The van der Waals surface area contributed by atoms with Gasteiger partial charge in [0.05, 0.1) is 128 Å². The number of aliphatic hydroxyl groups is 1. The van der Waals surface area contributed by atoms with Crippen LogP contribution in [0.2, 0.25) is 15.1 Å². The minimum absolute atomic E-state index is 0.0408. The molecule has 0 amide bonds. The summed E-state index contributed by atoms with van der Waals surface area (Å²) >= 11 is 32.6. The number of aryl methyl sites for hydroxylation is 3. The molecule has 0 bridgehead atoms. The van der Waals surface area contributed by atoms with Gasteiger partial charge in [0.2, 0.25) is 0 Å². The SMILES string of the molecule is Cc1ccc(-c2cc(-c3nc4cc(Br)c(C(F)(F)F)cc4[nH]3)[nH]n2)cc1.Cc1ccc(-c2cc(-c3nc4cc(Br)c(C(F)(F)F)cc4[nH]3)[nH]n2)cc1C.FC(F)(F)c1cc2[nH]c(-c3cc(-c4ccc(Cl)c(Cl)c4)n[nH]3)nc2cc1Br.FC(F)(F)c1cc2[nH]c(-c3cc(-c4ccc(Cl)cc4)n[nH]3)nc2cc1Br.OCc1ccc(-c2cc(-c3nc4cc(Br)c(C(F)(F)F)cc4[nH]3)[nH]n2)c(F)c1. The number of aromatic amines is 10. The molecule has 0 aliphatic rings. The van der Waals surface area contributed by atoms with Crippen molar-refractivity contribution in [1.29, 1.82) is 0 Å². The average Bonchev–Trinajstić information content (AvgIpc) is 1.64. The second-order valence-electron chi connectivity index (χ2n) is 29.8. The zero-order chi connectivity index (χ0) is 95.7. The summed E-state index contributed by atoms with van der Waals surface area (Å²) in [6.45, 7) is 5.79. The van der Waals surface area contributed by atoms with Gasteiger partial charge in [0.15, 0.2) is 29.1 Å². The van der Waals surface area contributed by atoms with E-state index >= 15 is 0 Å². The number of halogens is 24. The van der Waals surface area contributed by atoms with E-state index < -0.39 is 64.5 Å². The Hall–Kier alpha value is -12.3. The van der Waals surface area contributed by atoms with Crippen molar-refractivity contribution in [2.24, 2.45) is 0 Å². The van der Waals surface area contributed by atoms with Crippen molar-refractivity contribution in [1.82, 2.24) is 101 Å². The van der Waals surface area contributed by atoms with Crippen molar-refractivity contribution < 1.29 is 75.4 Å². The highest BCUT2D eigenvalue weighted by Crippen LogP contribution is 2.45. The van der Waals surface area contributed by atoms with Gasteiger partial charge in [-0.1, -0.05) is 181 Å². The van der Waals surface area contributed by atoms with Gasteiger partial charge in [-0.3, -0.25) is 25.5 Å². The van der Waals surface area contributed by atoms with E-state index in [0.29, 0.717) is 128 Å². The number of rotatable bonds is 11. The van der Waals surface area contributed by atoms with Gasteiger partial charge in [-0.25, -0.2) is 29.3 Å². The number of fused-ring (bicyclic) bond motifs is 5. The highest BCUT2D eigenvalue weighted by molar-refractivity contribution is 9.11. The molecule has 10 heterocycles. The topological polar surface area (TPSA) is 307 Å². The Morgan fingerprint density at radius 2 is 0.582 bits per heavy atom. The number of hydrogen-bond acceptors (Lipinski definition) is 11. The van der Waals surface area contributed by atoms with Crippen LogP contribution < -0.4 is 0 Å². The fraction of sp³-hybridized carbons (Fsp3) is 0.101. The van der Waals surface area contributed by atoms with E-state index in [-0.39, 0.29) is 56.9 Å². The highest BCUT2D eigenvalue weighted by Gasteiger charge is 2.39. The van der Waals surface area contributed by atoms with Crippen LogP contribution in [-0.2, 0) is 37.5 Å². The van der Waals surface area contributed by atoms with Crippen LogP contribution >= 0.6 is 114 Å². The van der Waals surface area contributed by atoms with E-state index in [9.17, 15) is 70.2 Å². The Morgan fingerprint density at radius 1 is 0.299 bits per heavy atom. The van der Waals surface area contributed by atoms with Gasteiger partial charge in [-0.2, -0.15) is 91.3 Å². The average molecular weight is 2230 g/mol. The van der Waals surface area contributed by atoms with Crippen molar-refractivity contribution in [3.63, 3.8) is 0 Å². The molecule has 0 saturated heterocycles. The lowest BCUT2D eigenvalue weighted by atomic mass is 10.0. The summed E-state index contributed by atoms with van der Waals surface area (Å²) in [5.74, 6) is 1.35. The highest BCUT2D eigenvalue weighted by atomic mass is 79.9. The molecule has 134 heavy (non-hydrogen) atoms. The number of alkyl halides is 15. The van der Waals surface area contributed by atoms with Gasteiger partial charge in [0.25, 0.3) is 0 Å². The molecule has 20 rings (SSSR count). The monoisotopic (exact) mass is 2220 g/mol. The molecular weight excluding hydrogens is 2170 g/mol. The predicted molar refractivity (Wildman–Crippen MR) is 494 cm³/mol. The molecule has 0 atom stereocenters. The van der Waals surface area contributed by atoms with E-state index in [0.717, 1.165) is 75.1 Å². The first-order chi connectivity index (χ1) is 63.3. The van der Waals surface area contributed by atoms with Gasteiger partial charge < -0.3 is 30.0 Å². The summed E-state index contributed by atoms with van der Waals surface area (Å²) in [5, 5.41) is 45.7.